The largest absolute Gasteiger partial charge is 0.490 e. The van der Waals surface area contributed by atoms with Crippen molar-refractivity contribution in [2.24, 2.45) is 0 Å². The molecule has 3 rings (SSSR count). The van der Waals surface area contributed by atoms with E-state index in [2.05, 4.69) is 15.3 Å². The van der Waals surface area contributed by atoms with Crippen molar-refractivity contribution < 1.29 is 4.74 Å². The lowest BCUT2D eigenvalue weighted by Crippen LogP contribution is -2.34. The molecule has 0 aliphatic carbocycles. The zero-order chi connectivity index (χ0) is 12.4. The molecule has 0 spiro atoms. The number of rotatable bonds is 2. The predicted molar refractivity (Wildman–Crippen MR) is 70.5 cm³/mol. The number of hydrogen-bond donors (Lipinski definition) is 2. The Morgan fingerprint density at radius 2 is 2.11 bits per heavy atom. The highest BCUT2D eigenvalue weighted by atomic mass is 16.5. The van der Waals surface area contributed by atoms with Crippen LogP contribution in [0.15, 0.2) is 24.4 Å². The average molecular weight is 244 g/mol. The number of nitrogen functional groups attached to an aromatic ring is 1. The molecule has 1 aromatic heterocycles. The van der Waals surface area contributed by atoms with Gasteiger partial charge in [-0.15, -0.1) is 0 Å². The van der Waals surface area contributed by atoms with Crippen molar-refractivity contribution in [1.29, 1.82) is 0 Å². The van der Waals surface area contributed by atoms with E-state index in [9.17, 15) is 0 Å². The van der Waals surface area contributed by atoms with Crippen molar-refractivity contribution in [2.45, 2.75) is 18.9 Å². The molecule has 0 bridgehead atoms. The number of nitrogens with zero attached hydrogens (tertiary/aromatic N) is 2. The molecule has 1 saturated heterocycles. The molecule has 5 heteroatoms. The van der Waals surface area contributed by atoms with E-state index in [0.29, 0.717) is 12.1 Å². The van der Waals surface area contributed by atoms with Crippen molar-refractivity contribution >= 4 is 16.9 Å². The van der Waals surface area contributed by atoms with Crippen molar-refractivity contribution in [3.63, 3.8) is 0 Å². The van der Waals surface area contributed by atoms with Gasteiger partial charge >= 0.3 is 0 Å². The SMILES string of the molecule is Nc1ncc2ccc(OC3CCNCC3)cc2n1. The van der Waals surface area contributed by atoms with E-state index in [0.717, 1.165) is 42.6 Å². The summed E-state index contributed by atoms with van der Waals surface area (Å²) in [7, 11) is 0. The lowest BCUT2D eigenvalue weighted by molar-refractivity contribution is 0.162. The van der Waals surface area contributed by atoms with Crippen molar-refractivity contribution in [1.82, 2.24) is 15.3 Å². The topological polar surface area (TPSA) is 73.1 Å². The number of benzene rings is 1. The third-order valence-electron chi connectivity index (χ3n) is 3.16. The van der Waals surface area contributed by atoms with Gasteiger partial charge in [-0.3, -0.25) is 0 Å². The molecule has 18 heavy (non-hydrogen) atoms. The zero-order valence-electron chi connectivity index (χ0n) is 10.1. The number of anilines is 1. The summed E-state index contributed by atoms with van der Waals surface area (Å²) in [5, 5.41) is 4.29. The van der Waals surface area contributed by atoms with E-state index >= 15 is 0 Å². The lowest BCUT2D eigenvalue weighted by atomic mass is 10.1. The first-order chi connectivity index (χ1) is 8.81. The van der Waals surface area contributed by atoms with Crippen LogP contribution < -0.4 is 15.8 Å². The van der Waals surface area contributed by atoms with Crippen molar-refractivity contribution in [3.8, 4) is 5.75 Å². The maximum absolute atomic E-state index is 5.96. The third-order valence-corrected chi connectivity index (χ3v) is 3.16. The molecule has 5 nitrogen and oxygen atoms in total. The molecule has 1 fully saturated rings. The van der Waals surface area contributed by atoms with E-state index in [1.165, 1.54) is 0 Å². The Kier molecular flexibility index (Phi) is 2.98. The van der Waals surface area contributed by atoms with Crippen molar-refractivity contribution in [2.75, 3.05) is 18.8 Å². The summed E-state index contributed by atoms with van der Waals surface area (Å²) in [6.07, 6.45) is 4.11. The molecule has 0 radical (unpaired) electrons. The summed E-state index contributed by atoms with van der Waals surface area (Å²) < 4.78 is 5.96. The number of nitrogens with two attached hydrogens (primary N) is 1. The molecule has 1 aliphatic heterocycles. The summed E-state index contributed by atoms with van der Waals surface area (Å²) >= 11 is 0. The molecule has 2 aromatic rings. The van der Waals surface area contributed by atoms with Crippen LogP contribution in [-0.2, 0) is 0 Å². The molecular weight excluding hydrogens is 228 g/mol. The van der Waals surface area contributed by atoms with Gasteiger partial charge in [-0.25, -0.2) is 9.97 Å². The second-order valence-electron chi connectivity index (χ2n) is 4.52. The first kappa shape index (κ1) is 11.2. The molecule has 94 valence electrons. The first-order valence-corrected chi connectivity index (χ1v) is 6.21. The van der Waals surface area contributed by atoms with Gasteiger partial charge in [-0.1, -0.05) is 0 Å². The number of nitrogens with one attached hydrogen (secondary N) is 1. The average Bonchev–Trinajstić information content (AvgIpc) is 2.39. The Hall–Kier alpha value is -1.88. The molecule has 3 N–H and O–H groups in total. The fourth-order valence-electron chi connectivity index (χ4n) is 2.20. The van der Waals surface area contributed by atoms with Crippen LogP contribution in [-0.4, -0.2) is 29.2 Å². The van der Waals surface area contributed by atoms with E-state index in [1.54, 1.807) is 6.20 Å². The highest BCUT2D eigenvalue weighted by Crippen LogP contribution is 2.22. The Labute approximate surface area is 105 Å². The molecule has 0 saturated carbocycles. The van der Waals surface area contributed by atoms with Gasteiger partial charge in [0.15, 0.2) is 0 Å². The minimum atomic E-state index is 0.293. The Morgan fingerprint density at radius 3 is 2.94 bits per heavy atom. The second kappa shape index (κ2) is 4.78. The van der Waals surface area contributed by atoms with Crippen LogP contribution >= 0.6 is 0 Å². The number of aromatic nitrogens is 2. The van der Waals surface area contributed by atoms with E-state index in [4.69, 9.17) is 10.5 Å². The molecule has 1 aromatic carbocycles. The summed E-state index contributed by atoms with van der Waals surface area (Å²) in [4.78, 5) is 8.17. The van der Waals surface area contributed by atoms with Crippen LogP contribution in [0.3, 0.4) is 0 Å². The smallest absolute Gasteiger partial charge is 0.220 e. The van der Waals surface area contributed by atoms with Gasteiger partial charge in [0.2, 0.25) is 5.95 Å². The second-order valence-corrected chi connectivity index (χ2v) is 4.52. The predicted octanol–water partition coefficient (Wildman–Crippen LogP) is 1.34. The molecule has 1 aliphatic rings. The summed E-state index contributed by atoms with van der Waals surface area (Å²) in [5.74, 6) is 1.15. The van der Waals surface area contributed by atoms with Crippen LogP contribution in [0.2, 0.25) is 0 Å². The number of piperidine rings is 1. The molecular formula is C13H16N4O. The van der Waals surface area contributed by atoms with Crippen LogP contribution in [0.5, 0.6) is 5.75 Å². The van der Waals surface area contributed by atoms with Gasteiger partial charge in [0.05, 0.1) is 5.52 Å². The highest BCUT2D eigenvalue weighted by molar-refractivity contribution is 5.79. The Bertz CT molecular complexity index is 552. The van der Waals surface area contributed by atoms with Crippen LogP contribution in [0.1, 0.15) is 12.8 Å². The maximum atomic E-state index is 5.96. The minimum absolute atomic E-state index is 0.293. The molecule has 2 heterocycles. The lowest BCUT2D eigenvalue weighted by Gasteiger charge is -2.23. The standard InChI is InChI=1S/C13H16N4O/c14-13-16-8-9-1-2-11(7-12(9)17-13)18-10-3-5-15-6-4-10/h1-2,7-8,10,15H,3-6H2,(H2,14,16,17). The molecule has 0 unspecified atom stereocenters. The highest BCUT2D eigenvalue weighted by Gasteiger charge is 2.14. The van der Waals surface area contributed by atoms with Gasteiger partial charge in [0, 0.05) is 17.6 Å². The summed E-state index contributed by atoms with van der Waals surface area (Å²) in [5.41, 5.74) is 6.41. The number of ether oxygens (including phenoxy) is 1. The van der Waals surface area contributed by atoms with Crippen LogP contribution in [0.4, 0.5) is 5.95 Å². The van der Waals surface area contributed by atoms with Crippen LogP contribution in [0, 0.1) is 0 Å². The van der Waals surface area contributed by atoms with E-state index in [1.807, 2.05) is 18.2 Å². The number of hydrogen-bond acceptors (Lipinski definition) is 5. The molecule has 0 atom stereocenters. The Morgan fingerprint density at radius 1 is 1.28 bits per heavy atom. The van der Waals surface area contributed by atoms with Gasteiger partial charge in [-0.05, 0) is 38.1 Å². The van der Waals surface area contributed by atoms with Gasteiger partial charge in [0.1, 0.15) is 11.9 Å². The van der Waals surface area contributed by atoms with E-state index < -0.39 is 0 Å². The summed E-state index contributed by atoms with van der Waals surface area (Å²) in [6, 6.07) is 5.85. The van der Waals surface area contributed by atoms with Gasteiger partial charge in [0.25, 0.3) is 0 Å². The van der Waals surface area contributed by atoms with Crippen LogP contribution in [0.25, 0.3) is 10.9 Å². The number of fused-ring (bicyclic) bond motifs is 1. The third kappa shape index (κ3) is 2.36. The fourth-order valence-corrected chi connectivity index (χ4v) is 2.20. The fraction of sp³-hybridized carbons (Fsp3) is 0.385. The zero-order valence-corrected chi connectivity index (χ0v) is 10.1. The monoisotopic (exact) mass is 244 g/mol. The van der Waals surface area contributed by atoms with Crippen molar-refractivity contribution in [3.05, 3.63) is 24.4 Å². The molecule has 0 amide bonds. The quantitative estimate of drug-likeness (QED) is 0.834. The Balaban J connectivity index is 1.83. The first-order valence-electron chi connectivity index (χ1n) is 6.21. The van der Waals surface area contributed by atoms with Gasteiger partial charge in [-0.2, -0.15) is 0 Å². The maximum Gasteiger partial charge on any atom is 0.220 e. The minimum Gasteiger partial charge on any atom is -0.490 e. The summed E-state index contributed by atoms with van der Waals surface area (Å²) in [6.45, 7) is 2.04. The van der Waals surface area contributed by atoms with Gasteiger partial charge < -0.3 is 15.8 Å². The van der Waals surface area contributed by atoms with E-state index in [-0.39, 0.29) is 0 Å². The normalized spacial score (nSPS) is 16.9.